The van der Waals surface area contributed by atoms with E-state index < -0.39 is 17.7 Å². The second-order valence-electron chi connectivity index (χ2n) is 7.76. The first-order chi connectivity index (χ1) is 14.8. The Balaban J connectivity index is 1.54. The Bertz CT molecular complexity index is 1090. The molecule has 31 heavy (non-hydrogen) atoms. The van der Waals surface area contributed by atoms with Gasteiger partial charge in [0.2, 0.25) is 0 Å². The van der Waals surface area contributed by atoms with Gasteiger partial charge in [-0.3, -0.25) is 4.79 Å². The average molecular weight is 431 g/mol. The van der Waals surface area contributed by atoms with E-state index in [-0.39, 0.29) is 29.2 Å². The molecule has 4 rings (SSSR count). The fraction of sp³-hybridized carbons (Fsp3) is 0.304. The smallest absolute Gasteiger partial charge is 0.382 e. The molecular weight excluding hydrogens is 410 g/mol. The summed E-state index contributed by atoms with van der Waals surface area (Å²) in [5.74, 6) is -0.726. The van der Waals surface area contributed by atoms with Crippen molar-refractivity contribution in [2.75, 3.05) is 5.32 Å². The lowest BCUT2D eigenvalue weighted by molar-refractivity contribution is -0.140. The van der Waals surface area contributed by atoms with Crippen LogP contribution >= 0.6 is 0 Å². The number of nitrogens with zero attached hydrogens (tertiary/aromatic N) is 1. The topological polar surface area (TPSA) is 54.0 Å². The molecule has 1 fully saturated rings. The van der Waals surface area contributed by atoms with Crippen molar-refractivity contribution in [3.8, 4) is 0 Å². The summed E-state index contributed by atoms with van der Waals surface area (Å²) in [5, 5.41) is 6.45. The zero-order chi connectivity index (χ0) is 22.0. The van der Waals surface area contributed by atoms with E-state index in [4.69, 9.17) is 0 Å². The summed E-state index contributed by atoms with van der Waals surface area (Å²) < 4.78 is 53.7. The first-order valence-corrected chi connectivity index (χ1v) is 10.1. The standard InChI is InChI=1S/C23H21F4N3O/c24-15-9-10-19-18(11-15)20(13-21(30-19)23(25,26)27)28-16-7-4-8-17(12-16)29-22(31)14-5-2-1-3-6-14/h1-3,5-6,9-11,13,16-17H,4,7-8,12H2,(H,28,30)(H,29,31)/t16-,17+/m0/s1. The van der Waals surface area contributed by atoms with Gasteiger partial charge in [0.1, 0.15) is 11.5 Å². The minimum Gasteiger partial charge on any atom is -0.382 e. The van der Waals surface area contributed by atoms with Crippen molar-refractivity contribution in [2.24, 2.45) is 0 Å². The van der Waals surface area contributed by atoms with E-state index in [1.165, 1.54) is 12.1 Å². The number of carbonyl (C=O) groups is 1. The summed E-state index contributed by atoms with van der Waals surface area (Å²) in [5.41, 5.74) is -0.206. The van der Waals surface area contributed by atoms with Crippen molar-refractivity contribution in [1.29, 1.82) is 0 Å². The lowest BCUT2D eigenvalue weighted by Gasteiger charge is -2.31. The van der Waals surface area contributed by atoms with Crippen molar-refractivity contribution in [2.45, 2.75) is 43.9 Å². The number of alkyl halides is 3. The zero-order valence-corrected chi connectivity index (χ0v) is 16.5. The average Bonchev–Trinajstić information content (AvgIpc) is 2.74. The summed E-state index contributed by atoms with van der Waals surface area (Å²) in [6.45, 7) is 0. The number of carbonyl (C=O) groups excluding carboxylic acids is 1. The summed E-state index contributed by atoms with van der Waals surface area (Å²) in [6, 6.07) is 13.0. The molecule has 2 aromatic carbocycles. The molecule has 0 saturated heterocycles. The third-order valence-electron chi connectivity index (χ3n) is 5.47. The molecule has 4 nitrogen and oxygen atoms in total. The molecule has 0 bridgehead atoms. The van der Waals surface area contributed by atoms with Crippen molar-refractivity contribution >= 4 is 22.5 Å². The predicted molar refractivity (Wildman–Crippen MR) is 110 cm³/mol. The van der Waals surface area contributed by atoms with Crippen LogP contribution in [-0.2, 0) is 6.18 Å². The third-order valence-corrected chi connectivity index (χ3v) is 5.47. The molecule has 1 aliphatic carbocycles. The number of fused-ring (bicyclic) bond motifs is 1. The molecule has 0 aliphatic heterocycles. The summed E-state index contributed by atoms with van der Waals surface area (Å²) in [7, 11) is 0. The summed E-state index contributed by atoms with van der Waals surface area (Å²) in [6.07, 6.45) is -1.73. The number of pyridine rings is 1. The molecule has 1 saturated carbocycles. The molecule has 3 aromatic rings. The fourth-order valence-corrected chi connectivity index (χ4v) is 3.99. The molecular formula is C23H21F4N3O. The number of benzene rings is 2. The fourth-order valence-electron chi connectivity index (χ4n) is 3.99. The molecule has 0 unspecified atom stereocenters. The molecule has 162 valence electrons. The summed E-state index contributed by atoms with van der Waals surface area (Å²) in [4.78, 5) is 16.1. The molecule has 0 spiro atoms. The van der Waals surface area contributed by atoms with E-state index in [1.807, 2.05) is 6.07 Å². The van der Waals surface area contributed by atoms with E-state index in [9.17, 15) is 22.4 Å². The van der Waals surface area contributed by atoms with Gasteiger partial charge in [-0.25, -0.2) is 9.37 Å². The van der Waals surface area contributed by atoms with Gasteiger partial charge in [-0.05, 0) is 62.1 Å². The van der Waals surface area contributed by atoms with Gasteiger partial charge >= 0.3 is 6.18 Å². The maximum atomic E-state index is 13.8. The first-order valence-electron chi connectivity index (χ1n) is 10.1. The van der Waals surface area contributed by atoms with E-state index in [0.29, 0.717) is 17.4 Å². The third kappa shape index (κ3) is 4.95. The molecule has 0 radical (unpaired) electrons. The number of anilines is 1. The van der Waals surface area contributed by atoms with Gasteiger partial charge in [-0.15, -0.1) is 0 Å². The van der Waals surface area contributed by atoms with Gasteiger partial charge < -0.3 is 10.6 Å². The van der Waals surface area contributed by atoms with Crippen LogP contribution in [0.5, 0.6) is 0 Å². The Hall–Kier alpha value is -3.16. The van der Waals surface area contributed by atoms with Gasteiger partial charge in [-0.1, -0.05) is 18.2 Å². The van der Waals surface area contributed by atoms with Crippen LogP contribution in [0.15, 0.2) is 54.6 Å². The number of aromatic nitrogens is 1. The van der Waals surface area contributed by atoms with Crippen LogP contribution in [0.3, 0.4) is 0 Å². The lowest BCUT2D eigenvalue weighted by atomic mass is 9.90. The normalized spacial score (nSPS) is 19.2. The van der Waals surface area contributed by atoms with Crippen molar-refractivity contribution in [3.05, 3.63) is 71.7 Å². The number of nitrogens with one attached hydrogen (secondary N) is 2. The first kappa shape index (κ1) is 21.1. The minimum absolute atomic E-state index is 0.0727. The molecule has 1 heterocycles. The van der Waals surface area contributed by atoms with Crippen molar-refractivity contribution < 1.29 is 22.4 Å². The SMILES string of the molecule is O=C(N[C@@H]1CCC[C@H](Nc2cc(C(F)(F)F)nc3ccc(F)cc23)C1)c1ccccc1. The maximum Gasteiger partial charge on any atom is 0.433 e. The van der Waals surface area contributed by atoms with Crippen LogP contribution < -0.4 is 10.6 Å². The highest BCUT2D eigenvalue weighted by molar-refractivity contribution is 5.94. The number of halogens is 4. The molecule has 8 heteroatoms. The minimum atomic E-state index is -4.61. The molecule has 2 N–H and O–H groups in total. The Morgan fingerprint density at radius 2 is 1.74 bits per heavy atom. The maximum absolute atomic E-state index is 13.8. The summed E-state index contributed by atoms with van der Waals surface area (Å²) >= 11 is 0. The quantitative estimate of drug-likeness (QED) is 0.533. The molecule has 1 amide bonds. The van der Waals surface area contributed by atoms with E-state index in [2.05, 4.69) is 15.6 Å². The highest BCUT2D eigenvalue weighted by Crippen LogP contribution is 2.34. The van der Waals surface area contributed by atoms with Crippen LogP contribution in [0.4, 0.5) is 23.2 Å². The van der Waals surface area contributed by atoms with Crippen LogP contribution in [-0.4, -0.2) is 23.0 Å². The second-order valence-corrected chi connectivity index (χ2v) is 7.76. The highest BCUT2D eigenvalue weighted by Gasteiger charge is 2.34. The number of rotatable bonds is 4. The van der Waals surface area contributed by atoms with Crippen LogP contribution in [0.25, 0.3) is 10.9 Å². The Morgan fingerprint density at radius 3 is 2.48 bits per heavy atom. The van der Waals surface area contributed by atoms with E-state index >= 15 is 0 Å². The van der Waals surface area contributed by atoms with Crippen LogP contribution in [0.2, 0.25) is 0 Å². The van der Waals surface area contributed by atoms with Crippen molar-refractivity contribution in [3.63, 3.8) is 0 Å². The lowest BCUT2D eigenvalue weighted by Crippen LogP contribution is -2.41. The zero-order valence-electron chi connectivity index (χ0n) is 16.5. The van der Waals surface area contributed by atoms with Gasteiger partial charge in [0.25, 0.3) is 5.91 Å². The Morgan fingerprint density at radius 1 is 1.00 bits per heavy atom. The highest BCUT2D eigenvalue weighted by atomic mass is 19.4. The Labute approximate surface area is 176 Å². The van der Waals surface area contributed by atoms with Gasteiger partial charge in [0.05, 0.1) is 5.52 Å². The van der Waals surface area contributed by atoms with Gasteiger partial charge in [0, 0.05) is 28.7 Å². The van der Waals surface area contributed by atoms with E-state index in [1.54, 1.807) is 24.3 Å². The van der Waals surface area contributed by atoms with Crippen LogP contribution in [0.1, 0.15) is 41.7 Å². The largest absolute Gasteiger partial charge is 0.433 e. The predicted octanol–water partition coefficient (Wildman–Crippen LogP) is 5.55. The Kier molecular flexibility index (Phi) is 5.80. The van der Waals surface area contributed by atoms with Crippen LogP contribution in [0, 0.1) is 5.82 Å². The van der Waals surface area contributed by atoms with Crippen molar-refractivity contribution in [1.82, 2.24) is 10.3 Å². The number of hydrogen-bond donors (Lipinski definition) is 2. The molecule has 1 aliphatic rings. The second kappa shape index (κ2) is 8.53. The monoisotopic (exact) mass is 431 g/mol. The van der Waals surface area contributed by atoms with Gasteiger partial charge in [-0.2, -0.15) is 13.2 Å². The molecule has 2 atom stereocenters. The molecule has 1 aromatic heterocycles. The number of amides is 1. The van der Waals surface area contributed by atoms with E-state index in [0.717, 1.165) is 31.4 Å². The van der Waals surface area contributed by atoms with Gasteiger partial charge in [0.15, 0.2) is 0 Å². The number of hydrogen-bond acceptors (Lipinski definition) is 3.